The van der Waals surface area contributed by atoms with Gasteiger partial charge in [-0.2, -0.15) is 0 Å². The molecule has 1 saturated heterocycles. The van der Waals surface area contributed by atoms with E-state index < -0.39 is 0 Å². The summed E-state index contributed by atoms with van der Waals surface area (Å²) in [6, 6.07) is 22.8. The van der Waals surface area contributed by atoms with Crippen molar-refractivity contribution in [3.05, 3.63) is 94.5 Å². The molecule has 5 rings (SSSR count). The molecule has 202 valence electrons. The standard InChI is InChI=1S/C32H34ClN3O3/c1-21-20-31(36(23(3)38)28-14-12-27(33)13-15-28)29-6-4-5-7-30(29)35(21)32(39)26-10-8-24(9-11-26)25-16-18-34(19-17-25)22(2)37/h4-15,21,25,31H,16-20H2,1-3H3. The van der Waals surface area contributed by atoms with Crippen LogP contribution in [0, 0.1) is 0 Å². The largest absolute Gasteiger partial charge is 0.343 e. The van der Waals surface area contributed by atoms with Crippen LogP contribution >= 0.6 is 11.6 Å². The van der Waals surface area contributed by atoms with E-state index in [9.17, 15) is 14.4 Å². The van der Waals surface area contributed by atoms with E-state index in [1.54, 1.807) is 30.9 Å². The second-order valence-electron chi connectivity index (χ2n) is 10.6. The lowest BCUT2D eigenvalue weighted by Crippen LogP contribution is -2.47. The smallest absolute Gasteiger partial charge is 0.258 e. The molecular formula is C32H34ClN3O3. The Morgan fingerprint density at radius 3 is 2.13 bits per heavy atom. The van der Waals surface area contributed by atoms with E-state index in [0.29, 0.717) is 22.9 Å². The first kappa shape index (κ1) is 26.9. The van der Waals surface area contributed by atoms with Gasteiger partial charge in [0.15, 0.2) is 0 Å². The summed E-state index contributed by atoms with van der Waals surface area (Å²) in [5.41, 5.74) is 4.40. The first-order valence-electron chi connectivity index (χ1n) is 13.6. The van der Waals surface area contributed by atoms with Gasteiger partial charge in [-0.1, -0.05) is 41.9 Å². The van der Waals surface area contributed by atoms with Crippen molar-refractivity contribution >= 4 is 40.7 Å². The fourth-order valence-corrected chi connectivity index (χ4v) is 6.21. The molecule has 2 atom stereocenters. The highest BCUT2D eigenvalue weighted by molar-refractivity contribution is 6.30. The lowest BCUT2D eigenvalue weighted by molar-refractivity contribution is -0.129. The Kier molecular flexibility index (Phi) is 7.76. The molecular weight excluding hydrogens is 510 g/mol. The van der Waals surface area contributed by atoms with Gasteiger partial charge in [0.2, 0.25) is 11.8 Å². The summed E-state index contributed by atoms with van der Waals surface area (Å²) >= 11 is 6.11. The summed E-state index contributed by atoms with van der Waals surface area (Å²) in [5.74, 6) is 0.416. The molecule has 2 heterocycles. The highest BCUT2D eigenvalue weighted by Gasteiger charge is 2.38. The molecule has 3 aromatic carbocycles. The van der Waals surface area contributed by atoms with Gasteiger partial charge in [-0.05, 0) is 85.7 Å². The Labute approximate surface area is 235 Å². The third-order valence-corrected chi connectivity index (χ3v) is 8.36. The monoisotopic (exact) mass is 543 g/mol. The summed E-state index contributed by atoms with van der Waals surface area (Å²) in [7, 11) is 0. The minimum absolute atomic E-state index is 0.0489. The second kappa shape index (κ2) is 11.2. The van der Waals surface area contributed by atoms with Crippen LogP contribution in [0.4, 0.5) is 11.4 Å². The lowest BCUT2D eigenvalue weighted by Gasteiger charge is -2.43. The molecule has 7 heteroatoms. The molecule has 2 unspecified atom stereocenters. The summed E-state index contributed by atoms with van der Waals surface area (Å²) < 4.78 is 0. The van der Waals surface area contributed by atoms with Crippen LogP contribution in [0.2, 0.25) is 5.02 Å². The van der Waals surface area contributed by atoms with Gasteiger partial charge in [-0.25, -0.2) is 0 Å². The van der Waals surface area contributed by atoms with Crippen molar-refractivity contribution in [3.63, 3.8) is 0 Å². The second-order valence-corrected chi connectivity index (χ2v) is 11.0. The Morgan fingerprint density at radius 1 is 0.872 bits per heavy atom. The molecule has 2 aliphatic heterocycles. The molecule has 0 radical (unpaired) electrons. The molecule has 0 aromatic heterocycles. The predicted octanol–water partition coefficient (Wildman–Crippen LogP) is 6.60. The van der Waals surface area contributed by atoms with E-state index in [2.05, 4.69) is 12.1 Å². The molecule has 2 aliphatic rings. The lowest BCUT2D eigenvalue weighted by atomic mass is 9.88. The molecule has 3 aromatic rings. The van der Waals surface area contributed by atoms with Crippen LogP contribution in [0.3, 0.4) is 0 Å². The highest BCUT2D eigenvalue weighted by atomic mass is 35.5. The number of piperidine rings is 1. The van der Waals surface area contributed by atoms with Gasteiger partial charge in [0, 0.05) is 54.9 Å². The summed E-state index contributed by atoms with van der Waals surface area (Å²) in [5, 5.41) is 0.615. The van der Waals surface area contributed by atoms with E-state index in [1.807, 2.05) is 65.3 Å². The molecule has 6 nitrogen and oxygen atoms in total. The molecule has 0 bridgehead atoms. The van der Waals surface area contributed by atoms with E-state index >= 15 is 0 Å². The van der Waals surface area contributed by atoms with Crippen molar-refractivity contribution in [2.45, 2.75) is 58.0 Å². The number of para-hydroxylation sites is 1. The topological polar surface area (TPSA) is 60.9 Å². The third-order valence-electron chi connectivity index (χ3n) is 8.10. The average Bonchev–Trinajstić information content (AvgIpc) is 2.94. The number of hydrogen-bond acceptors (Lipinski definition) is 3. The van der Waals surface area contributed by atoms with Crippen LogP contribution < -0.4 is 9.80 Å². The summed E-state index contributed by atoms with van der Waals surface area (Å²) in [6.45, 7) is 6.79. The molecule has 0 spiro atoms. The Balaban J connectivity index is 1.40. The zero-order valence-corrected chi connectivity index (χ0v) is 23.4. The third kappa shape index (κ3) is 5.44. The number of carbonyl (C=O) groups excluding carboxylic acids is 3. The van der Waals surface area contributed by atoms with Crippen molar-refractivity contribution in [1.82, 2.24) is 4.90 Å². The van der Waals surface area contributed by atoms with Crippen LogP contribution in [0.15, 0.2) is 72.8 Å². The Bertz CT molecular complexity index is 1360. The first-order valence-corrected chi connectivity index (χ1v) is 14.0. The number of likely N-dealkylation sites (tertiary alicyclic amines) is 1. The van der Waals surface area contributed by atoms with Gasteiger partial charge in [0.05, 0.1) is 6.04 Å². The van der Waals surface area contributed by atoms with E-state index in [0.717, 1.165) is 42.9 Å². The van der Waals surface area contributed by atoms with Crippen LogP contribution in [0.5, 0.6) is 0 Å². The van der Waals surface area contributed by atoms with E-state index in [4.69, 9.17) is 11.6 Å². The number of amides is 3. The summed E-state index contributed by atoms with van der Waals surface area (Å²) in [6.07, 6.45) is 2.48. The Morgan fingerprint density at radius 2 is 1.51 bits per heavy atom. The molecule has 39 heavy (non-hydrogen) atoms. The molecule has 1 fully saturated rings. The normalized spacial score (nSPS) is 19.4. The average molecular weight is 544 g/mol. The number of anilines is 2. The molecule has 3 amide bonds. The van der Waals surface area contributed by atoms with Crippen molar-refractivity contribution in [2.24, 2.45) is 0 Å². The van der Waals surface area contributed by atoms with Gasteiger partial charge < -0.3 is 14.7 Å². The number of fused-ring (bicyclic) bond motifs is 1. The molecule has 0 saturated carbocycles. The Hall–Kier alpha value is -3.64. The zero-order chi connectivity index (χ0) is 27.7. The van der Waals surface area contributed by atoms with E-state index in [1.165, 1.54) is 5.56 Å². The number of hydrogen-bond donors (Lipinski definition) is 0. The SMILES string of the molecule is CC(=O)N1CCC(c2ccc(C(=O)N3c4ccccc4C(N(C(C)=O)c4ccc(Cl)cc4)CC3C)cc2)CC1. The predicted molar refractivity (Wildman–Crippen MR) is 155 cm³/mol. The van der Waals surface area contributed by atoms with Crippen molar-refractivity contribution < 1.29 is 14.4 Å². The highest BCUT2D eigenvalue weighted by Crippen LogP contribution is 2.43. The van der Waals surface area contributed by atoms with Gasteiger partial charge in [0.1, 0.15) is 0 Å². The number of benzene rings is 3. The van der Waals surface area contributed by atoms with Gasteiger partial charge in [-0.3, -0.25) is 14.4 Å². The van der Waals surface area contributed by atoms with Gasteiger partial charge >= 0.3 is 0 Å². The maximum absolute atomic E-state index is 13.9. The first-order chi connectivity index (χ1) is 18.7. The number of carbonyl (C=O) groups is 3. The molecule has 0 N–H and O–H groups in total. The fourth-order valence-electron chi connectivity index (χ4n) is 6.08. The van der Waals surface area contributed by atoms with Crippen LogP contribution in [-0.4, -0.2) is 41.8 Å². The zero-order valence-electron chi connectivity index (χ0n) is 22.6. The number of halogens is 1. The van der Waals surface area contributed by atoms with Crippen molar-refractivity contribution in [1.29, 1.82) is 0 Å². The van der Waals surface area contributed by atoms with Crippen molar-refractivity contribution in [3.8, 4) is 0 Å². The van der Waals surface area contributed by atoms with Gasteiger partial charge in [0.25, 0.3) is 5.91 Å². The summed E-state index contributed by atoms with van der Waals surface area (Å²) in [4.78, 5) is 44.0. The van der Waals surface area contributed by atoms with E-state index in [-0.39, 0.29) is 29.8 Å². The number of rotatable bonds is 4. The van der Waals surface area contributed by atoms with Crippen LogP contribution in [-0.2, 0) is 9.59 Å². The quantitative estimate of drug-likeness (QED) is 0.372. The fraction of sp³-hybridized carbons (Fsp3) is 0.344. The minimum atomic E-state index is -0.206. The van der Waals surface area contributed by atoms with Crippen LogP contribution in [0.1, 0.15) is 73.5 Å². The van der Waals surface area contributed by atoms with Crippen LogP contribution in [0.25, 0.3) is 0 Å². The number of nitrogens with zero attached hydrogens (tertiary/aromatic N) is 3. The maximum atomic E-state index is 13.9. The maximum Gasteiger partial charge on any atom is 0.258 e. The molecule has 0 aliphatic carbocycles. The minimum Gasteiger partial charge on any atom is -0.343 e. The van der Waals surface area contributed by atoms with Crippen molar-refractivity contribution in [2.75, 3.05) is 22.9 Å². The van der Waals surface area contributed by atoms with Gasteiger partial charge in [-0.15, -0.1) is 0 Å².